The lowest BCUT2D eigenvalue weighted by Crippen LogP contribution is -2.12. The van der Waals surface area contributed by atoms with E-state index in [1.165, 1.54) is 5.56 Å². The van der Waals surface area contributed by atoms with E-state index in [1.54, 1.807) is 24.1 Å². The summed E-state index contributed by atoms with van der Waals surface area (Å²) in [5.41, 5.74) is 2.56. The highest BCUT2D eigenvalue weighted by Gasteiger charge is 2.07. The Morgan fingerprint density at radius 1 is 1.32 bits per heavy atom. The van der Waals surface area contributed by atoms with Crippen LogP contribution in [0.25, 0.3) is 0 Å². The fraction of sp³-hybridized carbons (Fsp3) is 0.286. The average molecular weight is 258 g/mol. The minimum atomic E-state index is -0.145. The second-order valence-corrected chi connectivity index (χ2v) is 4.79. The van der Waals surface area contributed by atoms with Gasteiger partial charge in [-0.1, -0.05) is 12.1 Å². The van der Waals surface area contributed by atoms with Gasteiger partial charge in [0.1, 0.15) is 0 Å². The van der Waals surface area contributed by atoms with Crippen molar-refractivity contribution in [3.05, 3.63) is 47.8 Å². The van der Waals surface area contributed by atoms with Crippen LogP contribution in [0.5, 0.6) is 0 Å². The van der Waals surface area contributed by atoms with Crippen LogP contribution in [0, 0.1) is 0 Å². The first-order chi connectivity index (χ1) is 9.04. The first-order valence-electron chi connectivity index (χ1n) is 6.08. The summed E-state index contributed by atoms with van der Waals surface area (Å²) in [5, 5.41) is 6.82. The Bertz CT molecular complexity index is 557. The molecule has 0 fully saturated rings. The molecule has 100 valence electrons. The molecule has 0 aliphatic carbocycles. The number of carbonyl (C=O) groups excluding carboxylic acids is 1. The van der Waals surface area contributed by atoms with Crippen molar-refractivity contribution in [1.82, 2.24) is 14.7 Å². The fourth-order valence-corrected chi connectivity index (χ4v) is 1.80. The van der Waals surface area contributed by atoms with Gasteiger partial charge in [-0.15, -0.1) is 0 Å². The van der Waals surface area contributed by atoms with E-state index >= 15 is 0 Å². The Morgan fingerprint density at radius 3 is 2.53 bits per heavy atom. The van der Waals surface area contributed by atoms with Gasteiger partial charge in [-0.05, 0) is 31.8 Å². The SMILES string of the molecule is CN(C)Cc1ccc(NC(=O)c2cnn(C)c2)cc1. The minimum absolute atomic E-state index is 0.145. The van der Waals surface area contributed by atoms with Gasteiger partial charge in [0, 0.05) is 25.5 Å². The highest BCUT2D eigenvalue weighted by Crippen LogP contribution is 2.12. The van der Waals surface area contributed by atoms with Gasteiger partial charge in [-0.3, -0.25) is 9.48 Å². The zero-order valence-corrected chi connectivity index (χ0v) is 11.4. The first-order valence-corrected chi connectivity index (χ1v) is 6.08. The van der Waals surface area contributed by atoms with Gasteiger partial charge in [-0.2, -0.15) is 5.10 Å². The molecule has 19 heavy (non-hydrogen) atoms. The Kier molecular flexibility index (Phi) is 3.97. The normalized spacial score (nSPS) is 10.7. The van der Waals surface area contributed by atoms with Crippen molar-refractivity contribution in [3.8, 4) is 0 Å². The van der Waals surface area contributed by atoms with Gasteiger partial charge in [0.15, 0.2) is 0 Å². The van der Waals surface area contributed by atoms with Crippen LogP contribution in [0.3, 0.4) is 0 Å². The highest BCUT2D eigenvalue weighted by molar-refractivity contribution is 6.03. The summed E-state index contributed by atoms with van der Waals surface area (Å²) in [7, 11) is 5.84. The molecule has 0 radical (unpaired) electrons. The summed E-state index contributed by atoms with van der Waals surface area (Å²) in [6.07, 6.45) is 3.24. The maximum atomic E-state index is 11.9. The van der Waals surface area contributed by atoms with Crippen LogP contribution >= 0.6 is 0 Å². The molecule has 5 nitrogen and oxygen atoms in total. The molecular formula is C14H18N4O. The molecule has 1 aromatic carbocycles. The maximum Gasteiger partial charge on any atom is 0.258 e. The zero-order valence-electron chi connectivity index (χ0n) is 11.4. The number of carbonyl (C=O) groups is 1. The first kappa shape index (κ1) is 13.3. The number of aryl methyl sites for hydroxylation is 1. The monoisotopic (exact) mass is 258 g/mol. The number of hydrogen-bond acceptors (Lipinski definition) is 3. The third kappa shape index (κ3) is 3.66. The number of rotatable bonds is 4. The van der Waals surface area contributed by atoms with Crippen molar-refractivity contribution < 1.29 is 4.79 Å². The Balaban J connectivity index is 2.01. The number of anilines is 1. The van der Waals surface area contributed by atoms with E-state index in [0.29, 0.717) is 5.56 Å². The lowest BCUT2D eigenvalue weighted by molar-refractivity contribution is 0.102. The van der Waals surface area contributed by atoms with Gasteiger partial charge in [0.05, 0.1) is 11.8 Å². The van der Waals surface area contributed by atoms with Gasteiger partial charge in [-0.25, -0.2) is 0 Å². The van der Waals surface area contributed by atoms with Crippen LogP contribution in [-0.4, -0.2) is 34.7 Å². The molecule has 0 saturated heterocycles. The molecular weight excluding hydrogens is 240 g/mol. The molecule has 0 spiro atoms. The summed E-state index contributed by atoms with van der Waals surface area (Å²) >= 11 is 0. The predicted molar refractivity (Wildman–Crippen MR) is 75.0 cm³/mol. The number of nitrogens with zero attached hydrogens (tertiary/aromatic N) is 3. The summed E-state index contributed by atoms with van der Waals surface area (Å²) in [4.78, 5) is 14.0. The lowest BCUT2D eigenvalue weighted by atomic mass is 10.2. The number of hydrogen-bond donors (Lipinski definition) is 1. The fourth-order valence-electron chi connectivity index (χ4n) is 1.80. The zero-order chi connectivity index (χ0) is 13.8. The molecule has 2 aromatic rings. The van der Waals surface area contributed by atoms with Gasteiger partial charge in [0.25, 0.3) is 5.91 Å². The van der Waals surface area contributed by atoms with E-state index in [-0.39, 0.29) is 5.91 Å². The molecule has 2 rings (SSSR count). The topological polar surface area (TPSA) is 50.2 Å². The van der Waals surface area contributed by atoms with E-state index in [1.807, 2.05) is 38.4 Å². The minimum Gasteiger partial charge on any atom is -0.322 e. The molecule has 5 heteroatoms. The quantitative estimate of drug-likeness (QED) is 0.908. The van der Waals surface area contributed by atoms with E-state index in [4.69, 9.17) is 0 Å². The van der Waals surface area contributed by atoms with Crippen molar-refractivity contribution in [1.29, 1.82) is 0 Å². The van der Waals surface area contributed by atoms with Crippen molar-refractivity contribution in [2.45, 2.75) is 6.54 Å². The van der Waals surface area contributed by atoms with Crippen molar-refractivity contribution in [3.63, 3.8) is 0 Å². The predicted octanol–water partition coefficient (Wildman–Crippen LogP) is 1.73. The van der Waals surface area contributed by atoms with Gasteiger partial charge >= 0.3 is 0 Å². The van der Waals surface area contributed by atoms with Crippen molar-refractivity contribution >= 4 is 11.6 Å². The van der Waals surface area contributed by atoms with E-state index in [0.717, 1.165) is 12.2 Å². The molecule has 0 aliphatic heterocycles. The second kappa shape index (κ2) is 5.67. The smallest absolute Gasteiger partial charge is 0.258 e. The van der Waals surface area contributed by atoms with Crippen LogP contribution in [0.2, 0.25) is 0 Å². The molecule has 0 unspecified atom stereocenters. The lowest BCUT2D eigenvalue weighted by Gasteiger charge is -2.10. The van der Waals surface area contributed by atoms with Gasteiger partial charge in [0.2, 0.25) is 0 Å². The number of aromatic nitrogens is 2. The van der Waals surface area contributed by atoms with Crippen LogP contribution < -0.4 is 5.32 Å². The van der Waals surface area contributed by atoms with Crippen LogP contribution in [0.4, 0.5) is 5.69 Å². The Hall–Kier alpha value is -2.14. The third-order valence-corrected chi connectivity index (χ3v) is 2.68. The van der Waals surface area contributed by atoms with Crippen LogP contribution in [0.15, 0.2) is 36.7 Å². The third-order valence-electron chi connectivity index (χ3n) is 2.68. The second-order valence-electron chi connectivity index (χ2n) is 4.79. The van der Waals surface area contributed by atoms with E-state index < -0.39 is 0 Å². The molecule has 0 aliphatic rings. The Morgan fingerprint density at radius 2 is 2.00 bits per heavy atom. The molecule has 1 amide bonds. The maximum absolute atomic E-state index is 11.9. The van der Waals surface area contributed by atoms with Crippen molar-refractivity contribution in [2.75, 3.05) is 19.4 Å². The summed E-state index contributed by atoms with van der Waals surface area (Å²) in [6.45, 7) is 0.886. The average Bonchev–Trinajstić information content (AvgIpc) is 2.78. The van der Waals surface area contributed by atoms with Crippen LogP contribution in [0.1, 0.15) is 15.9 Å². The van der Waals surface area contributed by atoms with Gasteiger partial charge < -0.3 is 10.2 Å². The van der Waals surface area contributed by atoms with Crippen LogP contribution in [-0.2, 0) is 13.6 Å². The molecule has 0 saturated carbocycles. The van der Waals surface area contributed by atoms with E-state index in [2.05, 4.69) is 15.3 Å². The molecule has 0 bridgehead atoms. The van der Waals surface area contributed by atoms with E-state index in [9.17, 15) is 4.79 Å². The highest BCUT2D eigenvalue weighted by atomic mass is 16.1. The van der Waals surface area contributed by atoms with Crippen molar-refractivity contribution in [2.24, 2.45) is 7.05 Å². The largest absolute Gasteiger partial charge is 0.322 e. The number of nitrogens with one attached hydrogen (secondary N) is 1. The molecule has 0 atom stereocenters. The standard InChI is InChI=1S/C14H18N4O/c1-17(2)9-11-4-6-13(7-5-11)16-14(19)12-8-15-18(3)10-12/h4-8,10H,9H2,1-3H3,(H,16,19). The summed E-state index contributed by atoms with van der Waals surface area (Å²) < 4.78 is 1.61. The molecule has 1 N–H and O–H groups in total. The number of benzene rings is 1. The summed E-state index contributed by atoms with van der Waals surface area (Å²) in [5.74, 6) is -0.145. The number of amides is 1. The Labute approximate surface area is 112 Å². The molecule has 1 aromatic heterocycles. The molecule has 1 heterocycles. The summed E-state index contributed by atoms with van der Waals surface area (Å²) in [6, 6.07) is 7.85.